The zero-order valence-electron chi connectivity index (χ0n) is 47.6. The van der Waals surface area contributed by atoms with E-state index in [2.05, 4.69) is 60.4 Å². The average molecular weight is 1070 g/mol. The summed E-state index contributed by atoms with van der Waals surface area (Å²) >= 11 is 0. The maximum atomic E-state index is 10.9. The number of rotatable bonds is 56. The van der Waals surface area contributed by atoms with Crippen LogP contribution in [0.3, 0.4) is 0 Å². The Morgan fingerprint density at radius 3 is 0.690 bits per heavy atom. The molecule has 8 nitrogen and oxygen atoms in total. The maximum absolute atomic E-state index is 10.9. The molecule has 0 heterocycles. The largest absolute Gasteiger partial charge is 2.00 e. The van der Waals surface area contributed by atoms with Gasteiger partial charge in [-0.1, -0.05) is 322 Å². The van der Waals surface area contributed by atoms with Crippen LogP contribution < -0.4 is 0 Å². The van der Waals surface area contributed by atoms with Crippen molar-refractivity contribution >= 4 is 58.5 Å². The third kappa shape index (κ3) is 70.5. The summed E-state index contributed by atoms with van der Waals surface area (Å²) in [5.41, 5.74) is 0. The van der Waals surface area contributed by atoms with Crippen LogP contribution >= 0.6 is 0 Å². The number of unbranched alkanes of at least 4 members (excludes halogenated alkanes) is 42. The molecule has 71 heavy (non-hydrogen) atoms. The van der Waals surface area contributed by atoms with Crippen molar-refractivity contribution in [2.24, 2.45) is 11.8 Å². The van der Waals surface area contributed by atoms with Gasteiger partial charge >= 0.3 is 37.7 Å². The van der Waals surface area contributed by atoms with Gasteiger partial charge in [0, 0.05) is 11.8 Å². The normalized spacial score (nSPS) is 12.9. The van der Waals surface area contributed by atoms with Gasteiger partial charge in [-0.2, -0.15) is 0 Å². The molecule has 0 aromatic rings. The Hall–Kier alpha value is 0.480. The molecule has 11 heteroatoms. The van der Waals surface area contributed by atoms with E-state index in [1.165, 1.54) is 270 Å². The second-order valence-electron chi connectivity index (χ2n) is 21.1. The summed E-state index contributed by atoms with van der Waals surface area (Å²) in [7, 11) is -9.23. The number of allylic oxidation sites excluding steroid dienone is 2. The van der Waals surface area contributed by atoms with Crippen LogP contribution in [0, 0.1) is 11.8 Å². The minimum absolute atomic E-state index is 0. The van der Waals surface area contributed by atoms with Crippen molar-refractivity contribution in [2.45, 2.75) is 336 Å². The molecule has 0 aromatic carbocycles. The van der Waals surface area contributed by atoms with Crippen LogP contribution in [0.1, 0.15) is 336 Å². The summed E-state index contributed by atoms with van der Waals surface area (Å²) in [5, 5.41) is 0. The zero-order valence-corrected chi connectivity index (χ0v) is 51.5. The fourth-order valence-corrected chi connectivity index (χ4v) is 10.1. The predicted molar refractivity (Wildman–Crippen MR) is 307 cm³/mol. The Labute approximate surface area is 474 Å². The molecule has 0 fully saturated rings. The van der Waals surface area contributed by atoms with Gasteiger partial charge in [-0.05, 0) is 38.5 Å². The quantitative estimate of drug-likeness (QED) is 0.0193. The van der Waals surface area contributed by atoms with Gasteiger partial charge in [0.25, 0.3) is 0 Å². The van der Waals surface area contributed by atoms with Crippen LogP contribution in [0.2, 0.25) is 0 Å². The van der Waals surface area contributed by atoms with Crippen LogP contribution in [0.5, 0.6) is 0 Å². The van der Waals surface area contributed by atoms with E-state index in [1.807, 2.05) is 0 Å². The van der Waals surface area contributed by atoms with Crippen molar-refractivity contribution in [3.63, 3.8) is 0 Å². The Morgan fingerprint density at radius 2 is 0.493 bits per heavy atom. The SMILES string of the molecule is CCCCCCCCCCCCCC/C=C/C(CCCCCCCCCCCC)COS(=O)(=O)[O-].CCCCCCCCCCCCCC/C=C/C(CCCCCCCCCCCC)COS(=O)(=O)[O-].[Ca+2]. The van der Waals surface area contributed by atoms with E-state index >= 15 is 0 Å². The summed E-state index contributed by atoms with van der Waals surface area (Å²) in [5.74, 6) is 0.0372. The van der Waals surface area contributed by atoms with Crippen molar-refractivity contribution < 1.29 is 34.3 Å². The minimum atomic E-state index is -4.61. The van der Waals surface area contributed by atoms with Gasteiger partial charge in [-0.15, -0.1) is 0 Å². The second-order valence-corrected chi connectivity index (χ2v) is 23.2. The Kier molecular flexibility index (Phi) is 65.4. The Morgan fingerprint density at radius 1 is 0.310 bits per heavy atom. The van der Waals surface area contributed by atoms with E-state index in [0.717, 1.165) is 38.5 Å². The molecule has 0 aliphatic rings. The molecule has 2 atom stereocenters. The van der Waals surface area contributed by atoms with Crippen molar-refractivity contribution in [1.82, 2.24) is 0 Å². The van der Waals surface area contributed by atoms with Crippen molar-refractivity contribution in [3.05, 3.63) is 24.3 Å². The summed E-state index contributed by atoms with van der Waals surface area (Å²) in [6, 6.07) is 0. The van der Waals surface area contributed by atoms with Crippen molar-refractivity contribution in [3.8, 4) is 0 Å². The van der Waals surface area contributed by atoms with E-state index in [4.69, 9.17) is 0 Å². The third-order valence-corrected chi connectivity index (χ3v) is 14.8. The van der Waals surface area contributed by atoms with Gasteiger partial charge in [-0.25, -0.2) is 16.8 Å². The van der Waals surface area contributed by atoms with Gasteiger partial charge < -0.3 is 9.11 Å². The number of hydrogen-bond donors (Lipinski definition) is 0. The molecule has 0 saturated heterocycles. The predicted octanol–water partition coefficient (Wildman–Crippen LogP) is 19.7. The molecule has 0 saturated carbocycles. The summed E-state index contributed by atoms with van der Waals surface area (Å²) in [6.45, 7) is 9.00. The molecule has 0 bridgehead atoms. The molecule has 0 aliphatic heterocycles. The molecule has 0 aromatic heterocycles. The molecule has 2 unspecified atom stereocenters. The third-order valence-electron chi connectivity index (χ3n) is 14.0. The average Bonchev–Trinajstić information content (AvgIpc) is 3.32. The first-order valence-corrected chi connectivity index (χ1v) is 33.2. The fraction of sp³-hybridized carbons (Fsp3) is 0.933. The van der Waals surface area contributed by atoms with Gasteiger partial charge in [0.15, 0.2) is 0 Å². The van der Waals surface area contributed by atoms with Crippen LogP contribution in [-0.4, -0.2) is 76.9 Å². The standard InChI is InChI=1S/2C30H60O4S.Ca/c2*1-3-5-7-9-11-13-15-16-17-18-20-22-24-26-28-30(29-34-35(31,32)33)27-25-23-21-19-14-12-10-8-6-4-2;/h2*26,28,30H,3-25,27,29H2,1-2H3,(H,31,32,33);/q;;+2/p-2/b2*28-26+;. The number of hydrogen-bond acceptors (Lipinski definition) is 8. The Bertz CT molecular complexity index is 1190. The van der Waals surface area contributed by atoms with Crippen LogP contribution in [0.25, 0.3) is 0 Å². The second kappa shape index (κ2) is 61.3. The smallest absolute Gasteiger partial charge is 0.726 e. The molecule has 0 aliphatic carbocycles. The van der Waals surface area contributed by atoms with Crippen molar-refractivity contribution in [2.75, 3.05) is 13.2 Å². The van der Waals surface area contributed by atoms with Crippen LogP contribution in [0.15, 0.2) is 24.3 Å². The van der Waals surface area contributed by atoms with Gasteiger partial charge in [-0.3, -0.25) is 8.37 Å². The zero-order chi connectivity index (χ0) is 51.8. The summed E-state index contributed by atoms with van der Waals surface area (Å²) in [4.78, 5) is 0. The van der Waals surface area contributed by atoms with Gasteiger partial charge in [0.2, 0.25) is 20.8 Å². The summed E-state index contributed by atoms with van der Waals surface area (Å²) < 4.78 is 74.4. The first kappa shape index (κ1) is 75.7. The van der Waals surface area contributed by atoms with E-state index in [9.17, 15) is 25.9 Å². The molecular formula is C60H118CaO8S2. The van der Waals surface area contributed by atoms with E-state index in [1.54, 1.807) is 0 Å². The first-order chi connectivity index (χ1) is 34.0. The first-order valence-electron chi connectivity index (χ1n) is 30.5. The van der Waals surface area contributed by atoms with E-state index in [-0.39, 0.29) is 62.8 Å². The molecular weight excluding hydrogens is 953 g/mol. The fourth-order valence-electron chi connectivity index (χ4n) is 9.38. The van der Waals surface area contributed by atoms with E-state index < -0.39 is 20.8 Å². The topological polar surface area (TPSA) is 133 Å². The van der Waals surface area contributed by atoms with Crippen LogP contribution in [0.4, 0.5) is 0 Å². The van der Waals surface area contributed by atoms with Crippen molar-refractivity contribution in [1.29, 1.82) is 0 Å². The molecule has 0 N–H and O–H groups in total. The van der Waals surface area contributed by atoms with E-state index in [0.29, 0.717) is 0 Å². The monoisotopic (exact) mass is 1070 g/mol. The molecule has 420 valence electrons. The molecule has 0 amide bonds. The summed E-state index contributed by atoms with van der Waals surface area (Å²) in [6.07, 6.45) is 70.3. The Balaban J connectivity index is -0.00000128. The minimum Gasteiger partial charge on any atom is -0.726 e. The van der Waals surface area contributed by atoms with Crippen LogP contribution in [-0.2, 0) is 29.2 Å². The van der Waals surface area contributed by atoms with Gasteiger partial charge in [0.05, 0.1) is 13.2 Å². The van der Waals surface area contributed by atoms with Gasteiger partial charge in [0.1, 0.15) is 0 Å². The molecule has 0 rings (SSSR count). The molecule has 0 radical (unpaired) electrons. The molecule has 0 spiro atoms. The maximum Gasteiger partial charge on any atom is 2.00 e.